The van der Waals surface area contributed by atoms with Crippen molar-refractivity contribution in [3.05, 3.63) is 65.2 Å². The maximum absolute atomic E-state index is 12.0. The molecule has 0 fully saturated rings. The molecule has 0 aliphatic carbocycles. The summed E-state index contributed by atoms with van der Waals surface area (Å²) in [5, 5.41) is 0. The molecule has 0 heterocycles. The van der Waals surface area contributed by atoms with Gasteiger partial charge in [-0.25, -0.2) is 4.79 Å². The normalized spacial score (nSPS) is 10.5. The Balaban J connectivity index is 2.03. The van der Waals surface area contributed by atoms with Gasteiger partial charge in [0.1, 0.15) is 5.75 Å². The van der Waals surface area contributed by atoms with E-state index in [4.69, 9.17) is 4.74 Å². The molecule has 4 heteroatoms. The summed E-state index contributed by atoms with van der Waals surface area (Å²) in [5.41, 5.74) is 2.18. The average Bonchev–Trinajstić information content (AvgIpc) is 2.48. The minimum absolute atomic E-state index is 0.0291. The van der Waals surface area contributed by atoms with E-state index in [0.717, 1.165) is 5.56 Å². The monoisotopic (exact) mass is 297 g/mol. The lowest BCUT2D eigenvalue weighted by Crippen LogP contribution is -2.21. The van der Waals surface area contributed by atoms with E-state index >= 15 is 0 Å². The number of esters is 1. The van der Waals surface area contributed by atoms with Crippen LogP contribution in [0.4, 0.5) is 0 Å². The number of benzene rings is 2. The van der Waals surface area contributed by atoms with Gasteiger partial charge in [0.05, 0.1) is 12.1 Å². The molecular formula is C18H19NO3. The van der Waals surface area contributed by atoms with E-state index in [-0.39, 0.29) is 5.78 Å². The molecule has 0 atom stereocenters. The molecule has 0 aromatic heterocycles. The second kappa shape index (κ2) is 7.00. The van der Waals surface area contributed by atoms with Crippen molar-refractivity contribution in [2.24, 2.45) is 0 Å². The Labute approximate surface area is 130 Å². The van der Waals surface area contributed by atoms with Crippen LogP contribution in [0.2, 0.25) is 0 Å². The summed E-state index contributed by atoms with van der Waals surface area (Å²) in [7, 11) is 3.69. The summed E-state index contributed by atoms with van der Waals surface area (Å²) in [6.07, 6.45) is 0. The van der Waals surface area contributed by atoms with Crippen LogP contribution >= 0.6 is 0 Å². The number of rotatable bonds is 5. The van der Waals surface area contributed by atoms with Gasteiger partial charge in [0.25, 0.3) is 0 Å². The van der Waals surface area contributed by atoms with Gasteiger partial charge in [0.15, 0.2) is 5.78 Å². The molecule has 0 saturated carbocycles. The SMILES string of the molecule is Cc1ccc(C(=O)Oc2ccc(C(=O)CN(C)C)cc2)cc1. The van der Waals surface area contributed by atoms with Crippen LogP contribution in [0.1, 0.15) is 26.3 Å². The molecule has 0 spiro atoms. The number of ketones is 1. The first kappa shape index (κ1) is 15.9. The highest BCUT2D eigenvalue weighted by Gasteiger charge is 2.10. The Bertz CT molecular complexity index is 658. The van der Waals surface area contributed by atoms with Gasteiger partial charge in [0.2, 0.25) is 0 Å². The summed E-state index contributed by atoms with van der Waals surface area (Å²) < 4.78 is 5.30. The molecule has 0 radical (unpaired) electrons. The first-order valence-corrected chi connectivity index (χ1v) is 7.02. The summed E-state index contributed by atoms with van der Waals surface area (Å²) >= 11 is 0. The van der Waals surface area contributed by atoms with E-state index in [1.807, 2.05) is 38.1 Å². The van der Waals surface area contributed by atoms with Gasteiger partial charge < -0.3 is 9.64 Å². The Morgan fingerprint density at radius 2 is 1.45 bits per heavy atom. The number of Topliss-reactive ketones (excluding diaryl/α,β-unsaturated/α-hetero) is 1. The van der Waals surface area contributed by atoms with Crippen LogP contribution in [0, 0.1) is 6.92 Å². The molecule has 2 aromatic rings. The zero-order valence-electron chi connectivity index (χ0n) is 13.0. The van der Waals surface area contributed by atoms with Gasteiger partial charge in [-0.05, 0) is 57.4 Å². The van der Waals surface area contributed by atoms with Crippen LogP contribution < -0.4 is 4.74 Å². The van der Waals surface area contributed by atoms with Crippen molar-refractivity contribution in [1.29, 1.82) is 0 Å². The number of nitrogens with zero attached hydrogens (tertiary/aromatic N) is 1. The fourth-order valence-corrected chi connectivity index (χ4v) is 1.94. The quantitative estimate of drug-likeness (QED) is 0.483. The number of hydrogen-bond acceptors (Lipinski definition) is 4. The van der Waals surface area contributed by atoms with E-state index in [1.54, 1.807) is 36.4 Å². The average molecular weight is 297 g/mol. The Morgan fingerprint density at radius 1 is 0.909 bits per heavy atom. The van der Waals surface area contributed by atoms with Crippen molar-refractivity contribution < 1.29 is 14.3 Å². The molecule has 22 heavy (non-hydrogen) atoms. The first-order valence-electron chi connectivity index (χ1n) is 7.02. The minimum atomic E-state index is -0.410. The fourth-order valence-electron chi connectivity index (χ4n) is 1.94. The van der Waals surface area contributed by atoms with Crippen molar-refractivity contribution in [2.45, 2.75) is 6.92 Å². The van der Waals surface area contributed by atoms with Crippen LogP contribution in [0.15, 0.2) is 48.5 Å². The molecule has 4 nitrogen and oxygen atoms in total. The largest absolute Gasteiger partial charge is 0.423 e. The number of likely N-dealkylation sites (N-methyl/N-ethyl adjacent to an activating group) is 1. The molecule has 2 aromatic carbocycles. The van der Waals surface area contributed by atoms with E-state index in [9.17, 15) is 9.59 Å². The molecular weight excluding hydrogens is 278 g/mol. The number of carbonyl (C=O) groups excluding carboxylic acids is 2. The van der Waals surface area contributed by atoms with Crippen LogP contribution in [0.5, 0.6) is 5.75 Å². The minimum Gasteiger partial charge on any atom is -0.423 e. The Morgan fingerprint density at radius 3 is 2.00 bits per heavy atom. The van der Waals surface area contributed by atoms with Gasteiger partial charge >= 0.3 is 5.97 Å². The topological polar surface area (TPSA) is 46.6 Å². The lowest BCUT2D eigenvalue weighted by atomic mass is 10.1. The zero-order chi connectivity index (χ0) is 16.1. The molecule has 114 valence electrons. The third kappa shape index (κ3) is 4.27. The highest BCUT2D eigenvalue weighted by molar-refractivity contribution is 5.97. The third-order valence-corrected chi connectivity index (χ3v) is 3.13. The van der Waals surface area contributed by atoms with E-state index in [2.05, 4.69) is 0 Å². The molecule has 0 aliphatic heterocycles. The molecule has 0 saturated heterocycles. The smallest absolute Gasteiger partial charge is 0.343 e. The molecule has 0 bridgehead atoms. The van der Waals surface area contributed by atoms with Crippen LogP contribution in [0.25, 0.3) is 0 Å². The molecule has 2 rings (SSSR count). The molecule has 0 aliphatic rings. The standard InChI is InChI=1S/C18H19NO3/c1-13-4-6-15(7-5-13)18(21)22-16-10-8-14(9-11-16)17(20)12-19(2)3/h4-11H,12H2,1-3H3. The lowest BCUT2D eigenvalue weighted by Gasteiger charge is -2.09. The second-order valence-corrected chi connectivity index (χ2v) is 5.44. The van der Waals surface area contributed by atoms with Gasteiger partial charge in [-0.1, -0.05) is 17.7 Å². The van der Waals surface area contributed by atoms with Crippen LogP contribution in [-0.2, 0) is 0 Å². The van der Waals surface area contributed by atoms with Gasteiger partial charge in [-0.3, -0.25) is 4.79 Å². The van der Waals surface area contributed by atoms with Crippen LogP contribution in [0.3, 0.4) is 0 Å². The maximum atomic E-state index is 12.0. The zero-order valence-corrected chi connectivity index (χ0v) is 13.0. The van der Waals surface area contributed by atoms with E-state index < -0.39 is 5.97 Å². The predicted octanol–water partition coefficient (Wildman–Crippen LogP) is 2.96. The fraction of sp³-hybridized carbons (Fsp3) is 0.222. The number of hydrogen-bond donors (Lipinski definition) is 0. The summed E-state index contributed by atoms with van der Waals surface area (Å²) in [4.78, 5) is 25.7. The van der Waals surface area contributed by atoms with Crippen molar-refractivity contribution >= 4 is 11.8 Å². The molecule has 0 amide bonds. The van der Waals surface area contributed by atoms with Crippen molar-refractivity contribution in [2.75, 3.05) is 20.6 Å². The summed E-state index contributed by atoms with van der Waals surface area (Å²) in [5.74, 6) is 0.0424. The summed E-state index contributed by atoms with van der Waals surface area (Å²) in [6.45, 7) is 2.31. The van der Waals surface area contributed by atoms with Crippen molar-refractivity contribution in [3.8, 4) is 5.75 Å². The second-order valence-electron chi connectivity index (χ2n) is 5.44. The predicted molar refractivity (Wildman–Crippen MR) is 85.5 cm³/mol. The number of aryl methyl sites for hydroxylation is 1. The van der Waals surface area contributed by atoms with E-state index in [0.29, 0.717) is 23.4 Å². The first-order chi connectivity index (χ1) is 10.5. The molecule has 0 unspecified atom stereocenters. The Hall–Kier alpha value is -2.46. The lowest BCUT2D eigenvalue weighted by molar-refractivity contribution is 0.0734. The third-order valence-electron chi connectivity index (χ3n) is 3.13. The molecule has 0 N–H and O–H groups in total. The highest BCUT2D eigenvalue weighted by Crippen LogP contribution is 2.15. The number of ether oxygens (including phenoxy) is 1. The van der Waals surface area contributed by atoms with Crippen molar-refractivity contribution in [3.63, 3.8) is 0 Å². The van der Waals surface area contributed by atoms with Gasteiger partial charge in [0, 0.05) is 5.56 Å². The summed E-state index contributed by atoms with van der Waals surface area (Å²) in [6, 6.07) is 13.8. The van der Waals surface area contributed by atoms with E-state index in [1.165, 1.54) is 0 Å². The van der Waals surface area contributed by atoms with Crippen LogP contribution in [-0.4, -0.2) is 37.3 Å². The Kier molecular flexibility index (Phi) is 5.07. The maximum Gasteiger partial charge on any atom is 0.343 e. The number of carbonyl (C=O) groups is 2. The highest BCUT2D eigenvalue weighted by atomic mass is 16.5. The van der Waals surface area contributed by atoms with Crippen molar-refractivity contribution in [1.82, 2.24) is 4.90 Å². The van der Waals surface area contributed by atoms with Gasteiger partial charge in [-0.15, -0.1) is 0 Å². The van der Waals surface area contributed by atoms with Gasteiger partial charge in [-0.2, -0.15) is 0 Å².